The molecule has 2 aromatic carbocycles. The molecular weight excluding hydrogens is 326 g/mol. The second-order valence-corrected chi connectivity index (χ2v) is 6.99. The van der Waals surface area contributed by atoms with Gasteiger partial charge in [0.15, 0.2) is 0 Å². The number of primary sulfonamides is 1. The highest BCUT2D eigenvalue weighted by atomic mass is 32.2. The number of carbonyl (C=O) groups is 1. The van der Waals surface area contributed by atoms with Crippen LogP contribution in [0.1, 0.15) is 24.8 Å². The fourth-order valence-electron chi connectivity index (χ4n) is 2.37. The second kappa shape index (κ2) is 7.94. The molecule has 0 fully saturated rings. The number of anilines is 1. The Morgan fingerprint density at radius 3 is 2.46 bits per heavy atom. The summed E-state index contributed by atoms with van der Waals surface area (Å²) in [5.74, 6) is 0.215. The number of carbonyl (C=O) groups excluding carboxylic acids is 1. The molecule has 6 nitrogen and oxygen atoms in total. The van der Waals surface area contributed by atoms with Gasteiger partial charge in [0.25, 0.3) is 0 Å². The maximum atomic E-state index is 12.0. The molecule has 0 saturated heterocycles. The van der Waals surface area contributed by atoms with E-state index in [4.69, 9.17) is 5.14 Å². The van der Waals surface area contributed by atoms with Crippen LogP contribution in [0.25, 0.3) is 0 Å². The van der Waals surface area contributed by atoms with Crippen LogP contribution in [-0.4, -0.2) is 21.0 Å². The van der Waals surface area contributed by atoms with Gasteiger partial charge in [-0.15, -0.1) is 0 Å². The van der Waals surface area contributed by atoms with Gasteiger partial charge >= 0.3 is 6.03 Å². The Balaban J connectivity index is 1.96. The van der Waals surface area contributed by atoms with Crippen molar-refractivity contribution in [1.29, 1.82) is 0 Å². The van der Waals surface area contributed by atoms with E-state index < -0.39 is 16.1 Å². The Hall–Kier alpha value is -2.38. The number of amides is 2. The van der Waals surface area contributed by atoms with Crippen LogP contribution < -0.4 is 15.8 Å². The molecule has 7 heteroatoms. The topological polar surface area (TPSA) is 101 Å². The Kier molecular flexibility index (Phi) is 5.94. The lowest BCUT2D eigenvalue weighted by atomic mass is 9.97. The fraction of sp³-hybridized carbons (Fsp3) is 0.235. The molecule has 0 bridgehead atoms. The van der Waals surface area contributed by atoms with Crippen molar-refractivity contribution in [3.63, 3.8) is 0 Å². The monoisotopic (exact) mass is 347 g/mol. The average molecular weight is 347 g/mol. The summed E-state index contributed by atoms with van der Waals surface area (Å²) in [6, 6.07) is 15.4. The summed E-state index contributed by atoms with van der Waals surface area (Å²) < 4.78 is 22.7. The lowest BCUT2D eigenvalue weighted by molar-refractivity contribution is 0.251. The van der Waals surface area contributed by atoms with Gasteiger partial charge in [-0.3, -0.25) is 0 Å². The van der Waals surface area contributed by atoms with Gasteiger partial charge in [0.2, 0.25) is 10.0 Å². The predicted octanol–water partition coefficient (Wildman–Crippen LogP) is 2.65. The first kappa shape index (κ1) is 18.0. The fourth-order valence-corrected chi connectivity index (χ4v) is 2.92. The van der Waals surface area contributed by atoms with Crippen molar-refractivity contribution in [2.75, 3.05) is 11.9 Å². The van der Waals surface area contributed by atoms with Crippen LogP contribution >= 0.6 is 0 Å². The van der Waals surface area contributed by atoms with Crippen LogP contribution in [-0.2, 0) is 10.0 Å². The van der Waals surface area contributed by atoms with E-state index in [2.05, 4.69) is 17.6 Å². The summed E-state index contributed by atoms with van der Waals surface area (Å²) in [4.78, 5) is 12.0. The summed E-state index contributed by atoms with van der Waals surface area (Å²) in [6.45, 7) is 2.55. The van der Waals surface area contributed by atoms with Gasteiger partial charge in [-0.05, 0) is 30.2 Å². The highest BCUT2D eigenvalue weighted by molar-refractivity contribution is 7.89. The lowest BCUT2D eigenvalue weighted by Gasteiger charge is -2.16. The van der Waals surface area contributed by atoms with Crippen molar-refractivity contribution < 1.29 is 13.2 Å². The smallest absolute Gasteiger partial charge is 0.319 e. The maximum Gasteiger partial charge on any atom is 0.319 e. The minimum absolute atomic E-state index is 0.0454. The van der Waals surface area contributed by atoms with Gasteiger partial charge in [-0.2, -0.15) is 0 Å². The molecule has 24 heavy (non-hydrogen) atoms. The summed E-state index contributed by atoms with van der Waals surface area (Å²) in [5, 5.41) is 10.5. The normalized spacial score (nSPS) is 12.4. The van der Waals surface area contributed by atoms with E-state index in [9.17, 15) is 13.2 Å². The van der Waals surface area contributed by atoms with Crippen LogP contribution in [0.4, 0.5) is 10.5 Å². The standard InChI is InChI=1S/C17H21N3O3S/c1-2-13(14-7-4-3-5-8-14)12-19-17(21)20-15-9-6-10-16(11-15)24(18,22)23/h3-11,13H,2,12H2,1H3,(H2,18,22,23)(H2,19,20,21). The first-order chi connectivity index (χ1) is 11.4. The third kappa shape index (κ3) is 5.07. The summed E-state index contributed by atoms with van der Waals surface area (Å²) in [7, 11) is -3.80. The SMILES string of the molecule is CCC(CNC(=O)Nc1cccc(S(N)(=O)=O)c1)c1ccccc1. The van der Waals surface area contributed by atoms with Gasteiger partial charge in [0.1, 0.15) is 0 Å². The van der Waals surface area contributed by atoms with Crippen LogP contribution in [0.5, 0.6) is 0 Å². The molecule has 1 unspecified atom stereocenters. The van der Waals surface area contributed by atoms with E-state index in [0.29, 0.717) is 12.2 Å². The van der Waals surface area contributed by atoms with Crippen LogP contribution in [0, 0.1) is 0 Å². The molecule has 128 valence electrons. The Morgan fingerprint density at radius 2 is 1.83 bits per heavy atom. The van der Waals surface area contributed by atoms with Crippen molar-refractivity contribution in [3.05, 3.63) is 60.2 Å². The van der Waals surface area contributed by atoms with Crippen LogP contribution in [0.2, 0.25) is 0 Å². The van der Waals surface area contributed by atoms with E-state index in [1.54, 1.807) is 6.07 Å². The van der Waals surface area contributed by atoms with E-state index in [0.717, 1.165) is 12.0 Å². The molecule has 0 spiro atoms. The number of sulfonamides is 1. The molecule has 0 heterocycles. The first-order valence-corrected chi connectivity index (χ1v) is 9.17. The zero-order valence-corrected chi connectivity index (χ0v) is 14.2. The minimum Gasteiger partial charge on any atom is -0.337 e. The molecule has 0 aliphatic carbocycles. The number of urea groups is 1. The molecule has 1 atom stereocenters. The minimum atomic E-state index is -3.80. The molecule has 4 N–H and O–H groups in total. The molecule has 2 rings (SSSR count). The van der Waals surface area contributed by atoms with Crippen molar-refractivity contribution in [2.24, 2.45) is 5.14 Å². The van der Waals surface area contributed by atoms with Gasteiger partial charge in [0.05, 0.1) is 4.90 Å². The molecule has 0 aliphatic heterocycles. The maximum absolute atomic E-state index is 12.0. The molecule has 0 aromatic heterocycles. The van der Waals surface area contributed by atoms with Crippen molar-refractivity contribution in [3.8, 4) is 0 Å². The molecule has 0 radical (unpaired) electrons. The first-order valence-electron chi connectivity index (χ1n) is 7.63. The average Bonchev–Trinajstić information content (AvgIpc) is 2.56. The molecule has 2 amide bonds. The number of hydrogen-bond acceptors (Lipinski definition) is 3. The highest BCUT2D eigenvalue weighted by Gasteiger charge is 2.12. The largest absolute Gasteiger partial charge is 0.337 e. The van der Waals surface area contributed by atoms with Gasteiger partial charge in [-0.25, -0.2) is 18.4 Å². The molecule has 2 aromatic rings. The zero-order valence-electron chi connectivity index (χ0n) is 13.4. The number of hydrogen-bond donors (Lipinski definition) is 3. The van der Waals surface area contributed by atoms with E-state index in [1.165, 1.54) is 18.2 Å². The van der Waals surface area contributed by atoms with Gasteiger partial charge < -0.3 is 10.6 Å². The van der Waals surface area contributed by atoms with Gasteiger partial charge in [0, 0.05) is 18.2 Å². The Bertz CT molecular complexity index is 792. The summed E-state index contributed by atoms with van der Waals surface area (Å²) in [5.41, 5.74) is 1.53. The zero-order chi connectivity index (χ0) is 17.6. The van der Waals surface area contributed by atoms with Crippen molar-refractivity contribution in [1.82, 2.24) is 5.32 Å². The third-order valence-corrected chi connectivity index (χ3v) is 4.60. The number of nitrogens with one attached hydrogen (secondary N) is 2. The van der Waals surface area contributed by atoms with E-state index in [-0.39, 0.29) is 10.8 Å². The third-order valence-electron chi connectivity index (χ3n) is 3.69. The van der Waals surface area contributed by atoms with Crippen LogP contribution in [0.15, 0.2) is 59.5 Å². The Labute approximate surface area is 142 Å². The predicted molar refractivity (Wildman–Crippen MR) is 94.3 cm³/mol. The van der Waals surface area contributed by atoms with Gasteiger partial charge in [-0.1, -0.05) is 43.3 Å². The summed E-state index contributed by atoms with van der Waals surface area (Å²) >= 11 is 0. The summed E-state index contributed by atoms with van der Waals surface area (Å²) in [6.07, 6.45) is 0.894. The van der Waals surface area contributed by atoms with Crippen molar-refractivity contribution in [2.45, 2.75) is 24.2 Å². The number of nitrogens with two attached hydrogens (primary N) is 1. The van der Waals surface area contributed by atoms with E-state index >= 15 is 0 Å². The van der Waals surface area contributed by atoms with Crippen LogP contribution in [0.3, 0.4) is 0 Å². The molecular formula is C17H21N3O3S. The number of rotatable bonds is 6. The quantitative estimate of drug-likeness (QED) is 0.748. The second-order valence-electron chi connectivity index (χ2n) is 5.42. The number of benzene rings is 2. The highest BCUT2D eigenvalue weighted by Crippen LogP contribution is 2.18. The Morgan fingerprint density at radius 1 is 1.12 bits per heavy atom. The lowest BCUT2D eigenvalue weighted by Crippen LogP contribution is -2.32. The molecule has 0 saturated carbocycles. The molecule has 0 aliphatic rings. The van der Waals surface area contributed by atoms with E-state index in [1.807, 2.05) is 30.3 Å². The van der Waals surface area contributed by atoms with Crippen molar-refractivity contribution >= 4 is 21.7 Å².